The molecule has 1 aromatic heterocycles. The predicted molar refractivity (Wildman–Crippen MR) is 66.2 cm³/mol. The maximum Gasteiger partial charge on any atom is 0.145 e. The number of hydrogen-bond acceptors (Lipinski definition) is 3. The molecule has 0 aliphatic heterocycles. The van der Waals surface area contributed by atoms with Crippen molar-refractivity contribution in [1.82, 2.24) is 9.97 Å². The lowest BCUT2D eigenvalue weighted by Crippen LogP contribution is -2.03. The summed E-state index contributed by atoms with van der Waals surface area (Å²) in [6, 6.07) is 4.03. The van der Waals surface area contributed by atoms with Crippen molar-refractivity contribution in [2.45, 2.75) is 18.9 Å². The van der Waals surface area contributed by atoms with Crippen LogP contribution in [0.15, 0.2) is 18.3 Å². The summed E-state index contributed by atoms with van der Waals surface area (Å²) in [6.07, 6.45) is 4.15. The van der Waals surface area contributed by atoms with Gasteiger partial charge in [-0.3, -0.25) is 4.98 Å². The number of aromatic nitrogens is 2. The first kappa shape index (κ1) is 10.1. The van der Waals surface area contributed by atoms with Crippen molar-refractivity contribution in [1.29, 1.82) is 0 Å². The van der Waals surface area contributed by atoms with E-state index in [0.29, 0.717) is 16.1 Å². The molecule has 5 heteroatoms. The number of anilines is 1. The molecule has 1 aliphatic carbocycles. The van der Waals surface area contributed by atoms with Crippen LogP contribution in [-0.4, -0.2) is 16.0 Å². The molecule has 0 amide bonds. The fourth-order valence-electron chi connectivity index (χ4n) is 1.51. The molecule has 1 aromatic carbocycles. The lowest BCUT2D eigenvalue weighted by molar-refractivity contribution is 1.11. The number of nitrogens with zero attached hydrogens (tertiary/aromatic N) is 2. The molecule has 82 valence electrons. The van der Waals surface area contributed by atoms with Gasteiger partial charge < -0.3 is 5.32 Å². The maximum absolute atomic E-state index is 5.94. The number of nitrogens with one attached hydrogen (secondary N) is 1. The second kappa shape index (κ2) is 3.75. The van der Waals surface area contributed by atoms with Gasteiger partial charge in [-0.1, -0.05) is 23.2 Å². The van der Waals surface area contributed by atoms with Crippen LogP contribution in [-0.2, 0) is 0 Å². The van der Waals surface area contributed by atoms with Crippen LogP contribution in [0.4, 0.5) is 5.82 Å². The highest BCUT2D eigenvalue weighted by Crippen LogP contribution is 2.28. The summed E-state index contributed by atoms with van der Waals surface area (Å²) in [6.45, 7) is 0. The first-order valence-electron chi connectivity index (χ1n) is 5.11. The normalized spacial score (nSPS) is 15.4. The van der Waals surface area contributed by atoms with Gasteiger partial charge in [0.15, 0.2) is 0 Å². The third-order valence-electron chi connectivity index (χ3n) is 2.51. The van der Waals surface area contributed by atoms with Crippen molar-refractivity contribution in [3.63, 3.8) is 0 Å². The summed E-state index contributed by atoms with van der Waals surface area (Å²) in [5, 5.41) is 4.30. The Balaban J connectivity index is 2.05. The summed E-state index contributed by atoms with van der Waals surface area (Å²) in [5.74, 6) is 0.799. The molecule has 16 heavy (non-hydrogen) atoms. The highest BCUT2D eigenvalue weighted by atomic mass is 35.5. The van der Waals surface area contributed by atoms with Crippen molar-refractivity contribution in [3.8, 4) is 0 Å². The van der Waals surface area contributed by atoms with Gasteiger partial charge >= 0.3 is 0 Å². The molecule has 0 radical (unpaired) electrons. The molecule has 3 rings (SSSR count). The van der Waals surface area contributed by atoms with Gasteiger partial charge in [0.25, 0.3) is 0 Å². The van der Waals surface area contributed by atoms with Gasteiger partial charge in [-0.15, -0.1) is 0 Å². The van der Waals surface area contributed by atoms with E-state index in [9.17, 15) is 0 Å². The van der Waals surface area contributed by atoms with Gasteiger partial charge in [-0.05, 0) is 25.0 Å². The van der Waals surface area contributed by atoms with E-state index in [0.717, 1.165) is 16.9 Å². The van der Waals surface area contributed by atoms with Crippen LogP contribution in [0.2, 0.25) is 10.0 Å². The fraction of sp³-hybridized carbons (Fsp3) is 0.273. The van der Waals surface area contributed by atoms with Crippen LogP contribution in [0.1, 0.15) is 12.8 Å². The molecule has 1 fully saturated rings. The number of hydrogen-bond donors (Lipinski definition) is 1. The second-order valence-electron chi connectivity index (χ2n) is 3.93. The highest BCUT2D eigenvalue weighted by Gasteiger charge is 2.21. The number of rotatable bonds is 2. The standard InChI is InChI=1S/C11H9Cl2N3/c12-7-3-9-10(4-8(7)13)16-11(5-14-9)15-6-1-2-6/h3-6H,1-2H2,(H,15,16). The van der Waals surface area contributed by atoms with Crippen molar-refractivity contribution in [2.75, 3.05) is 5.32 Å². The lowest BCUT2D eigenvalue weighted by Gasteiger charge is -2.05. The van der Waals surface area contributed by atoms with E-state index in [1.807, 2.05) is 0 Å². The van der Waals surface area contributed by atoms with Gasteiger partial charge in [0.05, 0.1) is 27.3 Å². The maximum atomic E-state index is 5.94. The molecular weight excluding hydrogens is 245 g/mol. The Morgan fingerprint density at radius 1 is 1.12 bits per heavy atom. The molecule has 0 bridgehead atoms. The van der Waals surface area contributed by atoms with Gasteiger partial charge in [-0.2, -0.15) is 0 Å². The van der Waals surface area contributed by atoms with E-state index in [-0.39, 0.29) is 0 Å². The Morgan fingerprint density at radius 2 is 1.81 bits per heavy atom. The van der Waals surface area contributed by atoms with Crippen LogP contribution < -0.4 is 5.32 Å². The monoisotopic (exact) mass is 253 g/mol. The topological polar surface area (TPSA) is 37.8 Å². The third-order valence-corrected chi connectivity index (χ3v) is 3.24. The minimum atomic E-state index is 0.506. The average Bonchev–Trinajstić information content (AvgIpc) is 3.04. The molecule has 2 aromatic rings. The van der Waals surface area contributed by atoms with E-state index in [4.69, 9.17) is 23.2 Å². The second-order valence-corrected chi connectivity index (χ2v) is 4.74. The molecule has 0 unspecified atom stereocenters. The summed E-state index contributed by atoms with van der Waals surface area (Å²) >= 11 is 11.8. The molecule has 0 saturated heterocycles. The molecule has 3 nitrogen and oxygen atoms in total. The van der Waals surface area contributed by atoms with Gasteiger partial charge in [-0.25, -0.2) is 4.98 Å². The summed E-state index contributed by atoms with van der Waals surface area (Å²) in [7, 11) is 0. The van der Waals surface area contributed by atoms with Crippen LogP contribution in [0, 0.1) is 0 Å². The number of benzene rings is 1. The molecule has 0 atom stereocenters. The van der Waals surface area contributed by atoms with Crippen LogP contribution >= 0.6 is 23.2 Å². The zero-order valence-electron chi connectivity index (χ0n) is 8.37. The fourth-order valence-corrected chi connectivity index (χ4v) is 1.83. The summed E-state index contributed by atoms with van der Waals surface area (Å²) in [4.78, 5) is 8.74. The third kappa shape index (κ3) is 1.93. The zero-order valence-corrected chi connectivity index (χ0v) is 9.89. The lowest BCUT2D eigenvalue weighted by atomic mass is 10.3. The van der Waals surface area contributed by atoms with Crippen molar-refractivity contribution >= 4 is 40.1 Å². The number of halogens is 2. The van der Waals surface area contributed by atoms with Crippen molar-refractivity contribution in [3.05, 3.63) is 28.4 Å². The van der Waals surface area contributed by atoms with E-state index in [1.165, 1.54) is 12.8 Å². The smallest absolute Gasteiger partial charge is 0.145 e. The first-order valence-corrected chi connectivity index (χ1v) is 5.86. The van der Waals surface area contributed by atoms with Gasteiger partial charge in [0, 0.05) is 6.04 Å². The van der Waals surface area contributed by atoms with E-state index >= 15 is 0 Å². The zero-order chi connectivity index (χ0) is 11.1. The Morgan fingerprint density at radius 3 is 2.50 bits per heavy atom. The molecule has 0 spiro atoms. The summed E-state index contributed by atoms with van der Waals surface area (Å²) < 4.78 is 0. The molecule has 1 aliphatic rings. The quantitative estimate of drug-likeness (QED) is 0.891. The molecule has 1 heterocycles. The Hall–Kier alpha value is -1.06. The molecular formula is C11H9Cl2N3. The molecule has 1 saturated carbocycles. The SMILES string of the molecule is Clc1cc2ncc(NC3CC3)nc2cc1Cl. The largest absolute Gasteiger partial charge is 0.366 e. The first-order chi connectivity index (χ1) is 7.72. The van der Waals surface area contributed by atoms with E-state index in [1.54, 1.807) is 18.3 Å². The number of fused-ring (bicyclic) bond motifs is 1. The Bertz CT molecular complexity index is 552. The summed E-state index contributed by atoms with van der Waals surface area (Å²) in [5.41, 5.74) is 1.52. The van der Waals surface area contributed by atoms with Gasteiger partial charge in [0.1, 0.15) is 5.82 Å². The van der Waals surface area contributed by atoms with Crippen LogP contribution in [0.3, 0.4) is 0 Å². The molecule has 1 N–H and O–H groups in total. The van der Waals surface area contributed by atoms with Crippen LogP contribution in [0.5, 0.6) is 0 Å². The van der Waals surface area contributed by atoms with Crippen LogP contribution in [0.25, 0.3) is 11.0 Å². The predicted octanol–water partition coefficient (Wildman–Crippen LogP) is 3.51. The van der Waals surface area contributed by atoms with Crippen molar-refractivity contribution in [2.24, 2.45) is 0 Å². The minimum absolute atomic E-state index is 0.506. The van der Waals surface area contributed by atoms with Gasteiger partial charge in [0.2, 0.25) is 0 Å². The average molecular weight is 254 g/mol. The Labute approximate surface area is 103 Å². The minimum Gasteiger partial charge on any atom is -0.366 e. The highest BCUT2D eigenvalue weighted by molar-refractivity contribution is 6.42. The van der Waals surface area contributed by atoms with Crippen molar-refractivity contribution < 1.29 is 0 Å². The Kier molecular flexibility index (Phi) is 2.37. The van der Waals surface area contributed by atoms with E-state index < -0.39 is 0 Å². The van der Waals surface area contributed by atoms with E-state index in [2.05, 4.69) is 15.3 Å².